The first kappa shape index (κ1) is 17.9. The molecule has 4 aromatic rings. The quantitative estimate of drug-likeness (QED) is 0.459. The third-order valence-electron chi connectivity index (χ3n) is 4.50. The van der Waals surface area contributed by atoms with E-state index in [9.17, 15) is 4.79 Å². The van der Waals surface area contributed by atoms with Gasteiger partial charge in [0.15, 0.2) is 11.6 Å². The SMILES string of the molecule is CCN(Cc1cccs1)C(=O)c1sc2nc(-c3ccco3)nc(C)c2c1C. The standard InChI is InChI=1S/C20H19N3O2S2/c1-4-23(11-14-7-6-10-26-14)20(24)17-12(2)16-13(3)21-18(22-19(16)27-17)15-8-5-9-25-15/h5-10H,4,11H2,1-3H3. The number of furan rings is 1. The molecule has 0 saturated heterocycles. The third kappa shape index (κ3) is 3.28. The Hall–Kier alpha value is -2.51. The van der Waals surface area contributed by atoms with E-state index in [4.69, 9.17) is 4.42 Å². The van der Waals surface area contributed by atoms with Crippen LogP contribution in [0, 0.1) is 13.8 Å². The largest absolute Gasteiger partial charge is 0.461 e. The molecule has 138 valence electrons. The Morgan fingerprint density at radius 1 is 1.22 bits per heavy atom. The molecule has 0 unspecified atom stereocenters. The predicted molar refractivity (Wildman–Crippen MR) is 109 cm³/mol. The van der Waals surface area contributed by atoms with Gasteiger partial charge in [-0.15, -0.1) is 22.7 Å². The minimum absolute atomic E-state index is 0.0466. The summed E-state index contributed by atoms with van der Waals surface area (Å²) in [6.07, 6.45) is 1.61. The van der Waals surface area contributed by atoms with Crippen molar-refractivity contribution in [3.05, 3.63) is 56.9 Å². The summed E-state index contributed by atoms with van der Waals surface area (Å²) in [5.41, 5.74) is 1.81. The van der Waals surface area contributed by atoms with Gasteiger partial charge in [0.05, 0.1) is 23.4 Å². The number of amides is 1. The molecule has 0 bridgehead atoms. The van der Waals surface area contributed by atoms with Crippen LogP contribution in [-0.4, -0.2) is 27.3 Å². The molecule has 1 amide bonds. The zero-order valence-corrected chi connectivity index (χ0v) is 17.0. The Bertz CT molecular complexity index is 1080. The molecule has 0 spiro atoms. The van der Waals surface area contributed by atoms with Gasteiger partial charge < -0.3 is 9.32 Å². The van der Waals surface area contributed by atoms with Gasteiger partial charge in [-0.3, -0.25) is 4.79 Å². The van der Waals surface area contributed by atoms with E-state index in [1.165, 1.54) is 16.2 Å². The minimum Gasteiger partial charge on any atom is -0.461 e. The monoisotopic (exact) mass is 397 g/mol. The van der Waals surface area contributed by atoms with Crippen LogP contribution >= 0.6 is 22.7 Å². The molecule has 4 aromatic heterocycles. The Labute approximate surface area is 165 Å². The lowest BCUT2D eigenvalue weighted by molar-refractivity contribution is 0.0758. The summed E-state index contributed by atoms with van der Waals surface area (Å²) in [5, 5.41) is 3.00. The summed E-state index contributed by atoms with van der Waals surface area (Å²) in [7, 11) is 0. The highest BCUT2D eigenvalue weighted by atomic mass is 32.1. The third-order valence-corrected chi connectivity index (χ3v) is 6.54. The Morgan fingerprint density at radius 2 is 2.07 bits per heavy atom. The van der Waals surface area contributed by atoms with E-state index in [2.05, 4.69) is 16.0 Å². The maximum Gasteiger partial charge on any atom is 0.264 e. The molecular formula is C20H19N3O2S2. The molecule has 0 N–H and O–H groups in total. The fourth-order valence-corrected chi connectivity index (χ4v) is 5.04. The second-order valence-corrected chi connectivity index (χ2v) is 8.28. The number of rotatable bonds is 5. The van der Waals surface area contributed by atoms with Crippen LogP contribution in [0.2, 0.25) is 0 Å². The van der Waals surface area contributed by atoms with E-state index in [0.717, 1.165) is 26.4 Å². The number of aromatic nitrogens is 2. The summed E-state index contributed by atoms with van der Waals surface area (Å²) < 4.78 is 5.43. The summed E-state index contributed by atoms with van der Waals surface area (Å²) >= 11 is 3.10. The van der Waals surface area contributed by atoms with Gasteiger partial charge in [0.1, 0.15) is 4.83 Å². The average molecular weight is 398 g/mol. The molecule has 0 atom stereocenters. The molecule has 7 heteroatoms. The lowest BCUT2D eigenvalue weighted by Crippen LogP contribution is -2.29. The number of thiophene rings is 2. The van der Waals surface area contributed by atoms with Gasteiger partial charge >= 0.3 is 0 Å². The van der Waals surface area contributed by atoms with Crippen molar-refractivity contribution in [1.82, 2.24) is 14.9 Å². The first-order valence-electron chi connectivity index (χ1n) is 8.71. The van der Waals surface area contributed by atoms with Gasteiger partial charge in [0.25, 0.3) is 5.91 Å². The fraction of sp³-hybridized carbons (Fsp3) is 0.250. The van der Waals surface area contributed by atoms with Crippen LogP contribution in [0.1, 0.15) is 32.7 Å². The molecular weight excluding hydrogens is 378 g/mol. The first-order chi connectivity index (χ1) is 13.1. The highest BCUT2D eigenvalue weighted by Gasteiger charge is 2.23. The van der Waals surface area contributed by atoms with E-state index in [-0.39, 0.29) is 5.91 Å². The van der Waals surface area contributed by atoms with Crippen LogP contribution in [0.5, 0.6) is 0 Å². The number of carbonyl (C=O) groups is 1. The number of hydrogen-bond donors (Lipinski definition) is 0. The van der Waals surface area contributed by atoms with Crippen molar-refractivity contribution in [3.63, 3.8) is 0 Å². The first-order valence-corrected chi connectivity index (χ1v) is 10.4. The van der Waals surface area contributed by atoms with E-state index < -0.39 is 0 Å². The van der Waals surface area contributed by atoms with E-state index in [1.54, 1.807) is 17.6 Å². The van der Waals surface area contributed by atoms with Crippen molar-refractivity contribution in [2.45, 2.75) is 27.3 Å². The van der Waals surface area contributed by atoms with Crippen LogP contribution < -0.4 is 0 Å². The smallest absolute Gasteiger partial charge is 0.264 e. The second-order valence-electron chi connectivity index (χ2n) is 6.24. The summed E-state index contributed by atoms with van der Waals surface area (Å²) in [6.45, 7) is 7.23. The number of hydrogen-bond acceptors (Lipinski definition) is 6. The molecule has 0 radical (unpaired) electrons. The molecule has 4 heterocycles. The zero-order valence-electron chi connectivity index (χ0n) is 15.4. The maximum absolute atomic E-state index is 13.2. The van der Waals surface area contributed by atoms with Crippen LogP contribution in [0.4, 0.5) is 0 Å². The molecule has 0 aliphatic carbocycles. The van der Waals surface area contributed by atoms with E-state index in [1.807, 2.05) is 49.3 Å². The highest BCUT2D eigenvalue weighted by Crippen LogP contribution is 2.34. The van der Waals surface area contributed by atoms with Gasteiger partial charge in [0, 0.05) is 16.8 Å². The normalized spacial score (nSPS) is 11.2. The lowest BCUT2D eigenvalue weighted by Gasteiger charge is -2.19. The fourth-order valence-electron chi connectivity index (χ4n) is 3.12. The zero-order chi connectivity index (χ0) is 19.0. The second kappa shape index (κ2) is 7.25. The molecule has 27 heavy (non-hydrogen) atoms. The van der Waals surface area contributed by atoms with Crippen molar-refractivity contribution in [1.29, 1.82) is 0 Å². The van der Waals surface area contributed by atoms with Crippen molar-refractivity contribution >= 4 is 38.8 Å². The van der Waals surface area contributed by atoms with Crippen LogP contribution in [-0.2, 0) is 6.54 Å². The minimum atomic E-state index is 0.0466. The average Bonchev–Trinajstić information content (AvgIpc) is 3.40. The topological polar surface area (TPSA) is 59.2 Å². The molecule has 4 rings (SSSR count). The van der Waals surface area contributed by atoms with Crippen molar-refractivity contribution in [2.75, 3.05) is 6.54 Å². The predicted octanol–water partition coefficient (Wildman–Crippen LogP) is 5.29. The van der Waals surface area contributed by atoms with Crippen LogP contribution in [0.3, 0.4) is 0 Å². The Morgan fingerprint density at radius 3 is 2.74 bits per heavy atom. The summed E-state index contributed by atoms with van der Waals surface area (Å²) in [4.78, 5) is 27.0. The summed E-state index contributed by atoms with van der Waals surface area (Å²) in [6, 6.07) is 7.73. The van der Waals surface area contributed by atoms with Crippen LogP contribution in [0.25, 0.3) is 21.8 Å². The van der Waals surface area contributed by atoms with Crippen molar-refractivity contribution < 1.29 is 9.21 Å². The molecule has 0 aliphatic rings. The van der Waals surface area contributed by atoms with E-state index >= 15 is 0 Å². The number of nitrogens with zero attached hydrogens (tertiary/aromatic N) is 3. The number of carbonyl (C=O) groups excluding carboxylic acids is 1. The maximum atomic E-state index is 13.2. The Kier molecular flexibility index (Phi) is 4.80. The highest BCUT2D eigenvalue weighted by molar-refractivity contribution is 7.20. The molecule has 0 aliphatic heterocycles. The molecule has 0 saturated carbocycles. The van der Waals surface area contributed by atoms with Crippen molar-refractivity contribution in [2.24, 2.45) is 0 Å². The van der Waals surface area contributed by atoms with Gasteiger partial charge in [0.2, 0.25) is 0 Å². The molecule has 0 fully saturated rings. The summed E-state index contributed by atoms with van der Waals surface area (Å²) in [5.74, 6) is 1.23. The molecule has 0 aromatic carbocycles. The van der Waals surface area contributed by atoms with Gasteiger partial charge in [-0.05, 0) is 49.9 Å². The molecule has 5 nitrogen and oxygen atoms in total. The van der Waals surface area contributed by atoms with E-state index in [0.29, 0.717) is 24.7 Å². The van der Waals surface area contributed by atoms with Crippen LogP contribution in [0.15, 0.2) is 40.3 Å². The van der Waals surface area contributed by atoms with Gasteiger partial charge in [-0.2, -0.15) is 0 Å². The number of aryl methyl sites for hydroxylation is 2. The van der Waals surface area contributed by atoms with Gasteiger partial charge in [-0.25, -0.2) is 9.97 Å². The van der Waals surface area contributed by atoms with Crippen molar-refractivity contribution in [3.8, 4) is 11.6 Å². The lowest BCUT2D eigenvalue weighted by atomic mass is 10.1. The number of fused-ring (bicyclic) bond motifs is 1. The van der Waals surface area contributed by atoms with Gasteiger partial charge in [-0.1, -0.05) is 6.07 Å². The Balaban J connectivity index is 1.74.